The molecule has 0 spiro atoms. The minimum Gasteiger partial charge on any atom is -0.298 e. The molecule has 0 saturated carbocycles. The Morgan fingerprint density at radius 1 is 1.08 bits per heavy atom. The Morgan fingerprint density at radius 3 is 2.31 bits per heavy atom. The monoisotopic (exact) mass is 361 g/mol. The Labute approximate surface area is 157 Å². The minimum absolute atomic E-state index is 0.112. The number of hydrogen-bond donors (Lipinski definition) is 1. The molecule has 2 aromatic carbocycles. The quantitative estimate of drug-likeness (QED) is 0.694. The molecule has 0 aliphatic rings. The third-order valence-corrected chi connectivity index (χ3v) is 4.81. The summed E-state index contributed by atoms with van der Waals surface area (Å²) in [6, 6.07) is 16.9. The first-order chi connectivity index (χ1) is 12.4. The summed E-state index contributed by atoms with van der Waals surface area (Å²) in [6.07, 6.45) is 0. The van der Waals surface area contributed by atoms with Crippen molar-refractivity contribution in [2.24, 2.45) is 0 Å². The molecule has 0 fully saturated rings. The molecule has 130 valence electrons. The van der Waals surface area contributed by atoms with Crippen LogP contribution in [0.4, 0.5) is 5.13 Å². The average molecular weight is 361 g/mol. The van der Waals surface area contributed by atoms with Gasteiger partial charge >= 0.3 is 0 Å². The van der Waals surface area contributed by atoms with Crippen molar-refractivity contribution in [2.45, 2.75) is 26.2 Å². The lowest BCUT2D eigenvalue weighted by Gasteiger charge is -2.18. The zero-order valence-corrected chi connectivity index (χ0v) is 15.7. The lowest BCUT2D eigenvalue weighted by Crippen LogP contribution is -2.11. The number of aromatic nitrogens is 1. The van der Waals surface area contributed by atoms with Gasteiger partial charge in [-0.05, 0) is 35.2 Å². The SMILES string of the molecule is CC(C)(C)c1ccc(-c2csc(NC(=O)c3ccc(C#N)cc3)n2)cc1. The van der Waals surface area contributed by atoms with Gasteiger partial charge in [0.1, 0.15) is 0 Å². The number of nitrogens with one attached hydrogen (secondary N) is 1. The molecule has 3 rings (SSSR count). The molecule has 5 heteroatoms. The fraction of sp³-hybridized carbons (Fsp3) is 0.190. The van der Waals surface area contributed by atoms with Crippen molar-refractivity contribution in [2.75, 3.05) is 5.32 Å². The van der Waals surface area contributed by atoms with Gasteiger partial charge in [0.05, 0.1) is 17.3 Å². The number of amides is 1. The molecule has 1 amide bonds. The van der Waals surface area contributed by atoms with Crippen LogP contribution in [-0.4, -0.2) is 10.9 Å². The predicted octanol–water partition coefficient (Wildman–Crippen LogP) is 5.23. The molecule has 0 saturated heterocycles. The molecule has 26 heavy (non-hydrogen) atoms. The van der Waals surface area contributed by atoms with E-state index in [4.69, 9.17) is 5.26 Å². The smallest absolute Gasteiger partial charge is 0.257 e. The summed E-state index contributed by atoms with van der Waals surface area (Å²) in [5.74, 6) is -0.238. The number of anilines is 1. The maximum Gasteiger partial charge on any atom is 0.257 e. The maximum atomic E-state index is 12.3. The Balaban J connectivity index is 1.73. The van der Waals surface area contributed by atoms with Gasteiger partial charge in [0, 0.05) is 16.5 Å². The van der Waals surface area contributed by atoms with Gasteiger partial charge in [-0.2, -0.15) is 5.26 Å². The van der Waals surface area contributed by atoms with Crippen molar-refractivity contribution < 1.29 is 4.79 Å². The van der Waals surface area contributed by atoms with Crippen molar-refractivity contribution in [3.8, 4) is 17.3 Å². The van der Waals surface area contributed by atoms with Crippen LogP contribution < -0.4 is 5.32 Å². The second-order valence-corrected chi connectivity index (χ2v) is 7.87. The molecule has 0 aliphatic carbocycles. The van der Waals surface area contributed by atoms with E-state index in [9.17, 15) is 4.79 Å². The van der Waals surface area contributed by atoms with E-state index in [0.29, 0.717) is 16.3 Å². The van der Waals surface area contributed by atoms with Crippen LogP contribution in [0.5, 0.6) is 0 Å². The molecule has 0 unspecified atom stereocenters. The summed E-state index contributed by atoms with van der Waals surface area (Å²) in [4.78, 5) is 16.8. The van der Waals surface area contributed by atoms with Crippen LogP contribution in [0.1, 0.15) is 42.3 Å². The first-order valence-electron chi connectivity index (χ1n) is 8.25. The lowest BCUT2D eigenvalue weighted by molar-refractivity contribution is 0.102. The van der Waals surface area contributed by atoms with Crippen LogP contribution in [0.3, 0.4) is 0 Å². The maximum absolute atomic E-state index is 12.3. The van der Waals surface area contributed by atoms with Gasteiger partial charge in [0.15, 0.2) is 5.13 Å². The molecular formula is C21H19N3OS. The fourth-order valence-corrected chi connectivity index (χ4v) is 3.18. The zero-order valence-electron chi connectivity index (χ0n) is 14.9. The highest BCUT2D eigenvalue weighted by atomic mass is 32.1. The Morgan fingerprint density at radius 2 is 1.73 bits per heavy atom. The molecule has 4 nitrogen and oxygen atoms in total. The molecule has 1 aromatic heterocycles. The summed E-state index contributed by atoms with van der Waals surface area (Å²) < 4.78 is 0. The van der Waals surface area contributed by atoms with E-state index in [1.54, 1.807) is 24.3 Å². The standard InChI is InChI=1S/C21H19N3OS/c1-21(2,3)17-10-8-15(9-11-17)18-13-26-20(23-18)24-19(25)16-6-4-14(12-22)5-7-16/h4-11,13H,1-3H3,(H,23,24,25). The van der Waals surface area contributed by atoms with Crippen LogP contribution in [0, 0.1) is 11.3 Å². The Bertz CT molecular complexity index is 958. The van der Waals surface area contributed by atoms with Gasteiger partial charge in [0.25, 0.3) is 5.91 Å². The van der Waals surface area contributed by atoms with Crippen LogP contribution in [0.25, 0.3) is 11.3 Å². The van der Waals surface area contributed by atoms with E-state index in [2.05, 4.69) is 55.3 Å². The van der Waals surface area contributed by atoms with Gasteiger partial charge < -0.3 is 0 Å². The number of carbonyl (C=O) groups excluding carboxylic acids is 1. The average Bonchev–Trinajstić information content (AvgIpc) is 3.09. The second kappa shape index (κ2) is 7.11. The number of nitriles is 1. The lowest BCUT2D eigenvalue weighted by atomic mass is 9.86. The second-order valence-electron chi connectivity index (χ2n) is 7.01. The molecule has 0 atom stereocenters. The van der Waals surface area contributed by atoms with Crippen molar-refractivity contribution >= 4 is 22.4 Å². The molecule has 0 bridgehead atoms. The summed E-state index contributed by atoms with van der Waals surface area (Å²) in [6.45, 7) is 6.55. The van der Waals surface area contributed by atoms with Gasteiger partial charge in [-0.15, -0.1) is 11.3 Å². The normalized spacial score (nSPS) is 11.0. The van der Waals surface area contributed by atoms with E-state index in [0.717, 1.165) is 11.3 Å². The molecule has 1 heterocycles. The van der Waals surface area contributed by atoms with Crippen molar-refractivity contribution in [1.82, 2.24) is 4.98 Å². The molecule has 0 aliphatic heterocycles. The van der Waals surface area contributed by atoms with E-state index in [-0.39, 0.29) is 11.3 Å². The summed E-state index contributed by atoms with van der Waals surface area (Å²) >= 11 is 1.39. The van der Waals surface area contributed by atoms with Gasteiger partial charge in [-0.1, -0.05) is 45.0 Å². The first kappa shape index (κ1) is 17.8. The van der Waals surface area contributed by atoms with E-state index < -0.39 is 0 Å². The highest BCUT2D eigenvalue weighted by Crippen LogP contribution is 2.28. The minimum atomic E-state index is -0.238. The predicted molar refractivity (Wildman–Crippen MR) is 105 cm³/mol. The zero-order chi connectivity index (χ0) is 18.7. The van der Waals surface area contributed by atoms with E-state index in [1.165, 1.54) is 16.9 Å². The van der Waals surface area contributed by atoms with Crippen LogP contribution >= 0.6 is 11.3 Å². The number of nitrogens with zero attached hydrogens (tertiary/aromatic N) is 2. The topological polar surface area (TPSA) is 65.8 Å². The fourth-order valence-electron chi connectivity index (χ4n) is 2.47. The highest BCUT2D eigenvalue weighted by molar-refractivity contribution is 7.14. The molecular weight excluding hydrogens is 342 g/mol. The molecule has 3 aromatic rings. The van der Waals surface area contributed by atoms with Crippen LogP contribution in [-0.2, 0) is 5.41 Å². The third kappa shape index (κ3) is 3.98. The third-order valence-electron chi connectivity index (χ3n) is 4.05. The molecule has 0 radical (unpaired) electrons. The number of benzene rings is 2. The molecule has 1 N–H and O–H groups in total. The van der Waals surface area contributed by atoms with Gasteiger partial charge in [0.2, 0.25) is 0 Å². The van der Waals surface area contributed by atoms with Crippen molar-refractivity contribution in [3.05, 3.63) is 70.6 Å². The number of hydrogen-bond acceptors (Lipinski definition) is 4. The van der Waals surface area contributed by atoms with Crippen molar-refractivity contribution in [3.63, 3.8) is 0 Å². The largest absolute Gasteiger partial charge is 0.298 e. The Hall–Kier alpha value is -2.97. The first-order valence-corrected chi connectivity index (χ1v) is 9.13. The van der Waals surface area contributed by atoms with E-state index >= 15 is 0 Å². The summed E-state index contributed by atoms with van der Waals surface area (Å²) in [5, 5.41) is 14.1. The van der Waals surface area contributed by atoms with Gasteiger partial charge in [-0.25, -0.2) is 4.98 Å². The van der Waals surface area contributed by atoms with Gasteiger partial charge in [-0.3, -0.25) is 10.1 Å². The van der Waals surface area contributed by atoms with Crippen LogP contribution in [0.15, 0.2) is 53.9 Å². The number of thiazole rings is 1. The number of rotatable bonds is 3. The van der Waals surface area contributed by atoms with Crippen LogP contribution in [0.2, 0.25) is 0 Å². The van der Waals surface area contributed by atoms with Crippen molar-refractivity contribution in [1.29, 1.82) is 5.26 Å². The Kier molecular flexibility index (Phi) is 4.88. The summed E-state index contributed by atoms with van der Waals surface area (Å²) in [5.41, 5.74) is 4.26. The highest BCUT2D eigenvalue weighted by Gasteiger charge is 2.14. The number of carbonyl (C=O) groups is 1. The summed E-state index contributed by atoms with van der Waals surface area (Å²) in [7, 11) is 0. The van der Waals surface area contributed by atoms with E-state index in [1.807, 2.05) is 11.4 Å².